The second-order valence-electron chi connectivity index (χ2n) is 4.57. The molecule has 0 unspecified atom stereocenters. The van der Waals surface area contributed by atoms with Crippen LogP contribution in [0.25, 0.3) is 0 Å². The van der Waals surface area contributed by atoms with E-state index in [9.17, 15) is 4.79 Å². The van der Waals surface area contributed by atoms with Gasteiger partial charge in [0.1, 0.15) is 0 Å². The molecule has 19 heavy (non-hydrogen) atoms. The van der Waals surface area contributed by atoms with E-state index in [1.807, 2.05) is 16.7 Å². The molecule has 1 aromatic carbocycles. The van der Waals surface area contributed by atoms with Crippen molar-refractivity contribution in [3.8, 4) is 0 Å². The number of nitrogens with two attached hydrogens (primary N) is 1. The van der Waals surface area contributed by atoms with E-state index < -0.39 is 0 Å². The third-order valence-electron chi connectivity index (χ3n) is 3.18. The Kier molecular flexibility index (Phi) is 5.05. The molecule has 3 nitrogen and oxygen atoms in total. The third kappa shape index (κ3) is 3.39. The molecule has 0 aromatic heterocycles. The van der Waals surface area contributed by atoms with Crippen molar-refractivity contribution in [3.05, 3.63) is 36.4 Å². The summed E-state index contributed by atoms with van der Waals surface area (Å²) in [6.45, 7) is 5.04. The number of rotatable bonds is 6. The fourth-order valence-corrected chi connectivity index (χ4v) is 3.17. The number of anilines is 1. The van der Waals surface area contributed by atoms with Crippen LogP contribution >= 0.6 is 11.8 Å². The summed E-state index contributed by atoms with van der Waals surface area (Å²) in [7, 11) is 0. The van der Waals surface area contributed by atoms with Crippen LogP contribution in [-0.2, 0) is 11.2 Å². The van der Waals surface area contributed by atoms with Crippen LogP contribution in [0.5, 0.6) is 0 Å². The van der Waals surface area contributed by atoms with E-state index in [0.717, 1.165) is 30.8 Å². The molecule has 0 atom stereocenters. The number of benzene rings is 1. The Morgan fingerprint density at radius 2 is 2.26 bits per heavy atom. The first-order valence-corrected chi connectivity index (χ1v) is 7.62. The fourth-order valence-electron chi connectivity index (χ4n) is 2.23. The lowest BCUT2D eigenvalue weighted by Crippen LogP contribution is -2.35. The molecule has 1 amide bonds. The van der Waals surface area contributed by atoms with Gasteiger partial charge in [-0.05, 0) is 48.9 Å². The molecule has 2 rings (SSSR count). The van der Waals surface area contributed by atoms with Crippen LogP contribution in [0.15, 0.2) is 35.7 Å². The van der Waals surface area contributed by atoms with Gasteiger partial charge in [-0.25, -0.2) is 0 Å². The summed E-state index contributed by atoms with van der Waals surface area (Å²) in [4.78, 5) is 15.0. The standard InChI is InChI=1S/C15H20N2OS/c1-2-9-17-14-6-5-13(19-10-3-8-16)11-12(14)4-7-15(17)18/h2,5-6,11H,1,3-4,7-10,16H2. The molecule has 0 saturated heterocycles. The van der Waals surface area contributed by atoms with Gasteiger partial charge in [0.15, 0.2) is 0 Å². The van der Waals surface area contributed by atoms with Gasteiger partial charge in [-0.1, -0.05) is 6.08 Å². The van der Waals surface area contributed by atoms with Crippen LogP contribution in [0, 0.1) is 0 Å². The van der Waals surface area contributed by atoms with Crippen molar-refractivity contribution in [3.63, 3.8) is 0 Å². The van der Waals surface area contributed by atoms with Crippen molar-refractivity contribution in [2.45, 2.75) is 24.2 Å². The van der Waals surface area contributed by atoms with Gasteiger partial charge in [-0.3, -0.25) is 4.79 Å². The van der Waals surface area contributed by atoms with E-state index >= 15 is 0 Å². The topological polar surface area (TPSA) is 46.3 Å². The second-order valence-corrected chi connectivity index (χ2v) is 5.74. The molecule has 4 heteroatoms. The van der Waals surface area contributed by atoms with Crippen LogP contribution in [0.1, 0.15) is 18.4 Å². The summed E-state index contributed by atoms with van der Waals surface area (Å²) in [5, 5.41) is 0. The highest BCUT2D eigenvalue weighted by atomic mass is 32.2. The summed E-state index contributed by atoms with van der Waals surface area (Å²) in [6.07, 6.45) is 4.24. The second kappa shape index (κ2) is 6.78. The predicted octanol–water partition coefficient (Wildman–Crippen LogP) is 2.59. The first-order valence-electron chi connectivity index (χ1n) is 6.63. The molecule has 0 radical (unpaired) electrons. The molecule has 0 fully saturated rings. The summed E-state index contributed by atoms with van der Waals surface area (Å²) in [6, 6.07) is 6.36. The summed E-state index contributed by atoms with van der Waals surface area (Å²) >= 11 is 1.83. The van der Waals surface area contributed by atoms with Crippen LogP contribution in [0.2, 0.25) is 0 Å². The molecule has 2 N–H and O–H groups in total. The van der Waals surface area contributed by atoms with Crippen LogP contribution in [-0.4, -0.2) is 24.7 Å². The maximum absolute atomic E-state index is 11.9. The Bertz CT molecular complexity index is 473. The molecule has 0 spiro atoms. The van der Waals surface area contributed by atoms with Gasteiger partial charge in [0.2, 0.25) is 5.91 Å². The molecule has 0 aliphatic carbocycles. The number of hydrogen-bond acceptors (Lipinski definition) is 3. The lowest BCUT2D eigenvalue weighted by atomic mass is 10.0. The minimum atomic E-state index is 0.191. The average molecular weight is 276 g/mol. The van der Waals surface area contributed by atoms with Crippen LogP contribution in [0.3, 0.4) is 0 Å². The first-order chi connectivity index (χ1) is 9.26. The van der Waals surface area contributed by atoms with Crippen molar-refractivity contribution >= 4 is 23.4 Å². The van der Waals surface area contributed by atoms with Gasteiger partial charge >= 0.3 is 0 Å². The van der Waals surface area contributed by atoms with Crippen LogP contribution < -0.4 is 10.6 Å². The largest absolute Gasteiger partial charge is 0.330 e. The van der Waals surface area contributed by atoms with Crippen molar-refractivity contribution in [1.82, 2.24) is 0 Å². The smallest absolute Gasteiger partial charge is 0.227 e. The third-order valence-corrected chi connectivity index (χ3v) is 4.26. The Morgan fingerprint density at radius 3 is 3.00 bits per heavy atom. The van der Waals surface area contributed by atoms with Crippen molar-refractivity contribution < 1.29 is 4.79 Å². The molecular formula is C15H20N2OS. The van der Waals surface area contributed by atoms with Gasteiger partial charge in [-0.2, -0.15) is 0 Å². The Labute approximate surface area is 118 Å². The number of nitrogens with zero attached hydrogens (tertiary/aromatic N) is 1. The zero-order chi connectivity index (χ0) is 13.7. The summed E-state index contributed by atoms with van der Waals surface area (Å²) in [5.74, 6) is 1.24. The molecular weight excluding hydrogens is 256 g/mol. The number of amides is 1. The maximum Gasteiger partial charge on any atom is 0.227 e. The number of carbonyl (C=O) groups excluding carboxylic acids is 1. The van der Waals surface area contributed by atoms with Gasteiger partial charge in [-0.15, -0.1) is 18.3 Å². The zero-order valence-corrected chi connectivity index (χ0v) is 11.9. The number of aryl methyl sites for hydroxylation is 1. The molecule has 1 heterocycles. The highest BCUT2D eigenvalue weighted by Gasteiger charge is 2.23. The maximum atomic E-state index is 11.9. The minimum Gasteiger partial charge on any atom is -0.330 e. The minimum absolute atomic E-state index is 0.191. The zero-order valence-electron chi connectivity index (χ0n) is 11.1. The van der Waals surface area contributed by atoms with Crippen molar-refractivity contribution in [2.75, 3.05) is 23.7 Å². The average Bonchev–Trinajstić information content (AvgIpc) is 2.42. The fraction of sp³-hybridized carbons (Fsp3) is 0.400. The number of carbonyl (C=O) groups is 1. The van der Waals surface area contributed by atoms with E-state index in [1.54, 1.807) is 6.08 Å². The molecule has 1 aromatic rings. The number of hydrogen-bond donors (Lipinski definition) is 1. The quantitative estimate of drug-likeness (QED) is 0.493. The molecule has 1 aliphatic rings. The summed E-state index contributed by atoms with van der Waals surface area (Å²) < 4.78 is 0. The van der Waals surface area contributed by atoms with E-state index in [-0.39, 0.29) is 5.91 Å². The summed E-state index contributed by atoms with van der Waals surface area (Å²) in [5.41, 5.74) is 7.81. The lowest BCUT2D eigenvalue weighted by molar-refractivity contribution is -0.118. The highest BCUT2D eigenvalue weighted by molar-refractivity contribution is 7.99. The molecule has 1 aliphatic heterocycles. The van der Waals surface area contributed by atoms with Gasteiger partial charge in [0.05, 0.1) is 0 Å². The Morgan fingerprint density at radius 1 is 1.42 bits per heavy atom. The molecule has 102 valence electrons. The van der Waals surface area contributed by atoms with Gasteiger partial charge in [0, 0.05) is 23.5 Å². The van der Waals surface area contributed by atoms with Gasteiger partial charge in [0.25, 0.3) is 0 Å². The van der Waals surface area contributed by atoms with E-state index in [4.69, 9.17) is 5.73 Å². The van der Waals surface area contributed by atoms with Crippen molar-refractivity contribution in [2.24, 2.45) is 5.73 Å². The van der Waals surface area contributed by atoms with E-state index in [1.165, 1.54) is 10.5 Å². The predicted molar refractivity (Wildman–Crippen MR) is 81.7 cm³/mol. The Balaban J connectivity index is 2.16. The van der Waals surface area contributed by atoms with Crippen LogP contribution in [0.4, 0.5) is 5.69 Å². The SMILES string of the molecule is C=CCN1C(=O)CCc2cc(SCCCN)ccc21. The lowest BCUT2D eigenvalue weighted by Gasteiger charge is -2.28. The number of thioether (sulfide) groups is 1. The molecule has 0 saturated carbocycles. The van der Waals surface area contributed by atoms with E-state index in [0.29, 0.717) is 13.0 Å². The normalized spacial score (nSPS) is 14.4. The first kappa shape index (κ1) is 14.2. The number of fused-ring (bicyclic) bond motifs is 1. The van der Waals surface area contributed by atoms with Crippen molar-refractivity contribution in [1.29, 1.82) is 0 Å². The van der Waals surface area contributed by atoms with Gasteiger partial charge < -0.3 is 10.6 Å². The molecule has 0 bridgehead atoms. The Hall–Kier alpha value is -1.26. The highest BCUT2D eigenvalue weighted by Crippen LogP contribution is 2.31. The monoisotopic (exact) mass is 276 g/mol. The van der Waals surface area contributed by atoms with E-state index in [2.05, 4.69) is 24.8 Å².